The van der Waals surface area contributed by atoms with Crippen molar-refractivity contribution in [2.45, 2.75) is 152 Å². The van der Waals surface area contributed by atoms with Gasteiger partial charge in [-0.2, -0.15) is 0 Å². The number of ether oxygens (including phenoxy) is 2. The fourth-order valence-corrected chi connectivity index (χ4v) is 12.4. The van der Waals surface area contributed by atoms with Crippen molar-refractivity contribution in [1.29, 1.82) is 0 Å². The van der Waals surface area contributed by atoms with E-state index in [1.807, 2.05) is 6.92 Å². The van der Waals surface area contributed by atoms with Crippen molar-refractivity contribution >= 4 is 17.7 Å². The summed E-state index contributed by atoms with van der Waals surface area (Å²) in [5.41, 5.74) is 0.303. The first-order valence-electron chi connectivity index (χ1n) is 18.3. The molecule has 0 N–H and O–H groups in total. The molecule has 0 spiro atoms. The van der Waals surface area contributed by atoms with Crippen LogP contribution in [0.15, 0.2) is 11.6 Å². The molecule has 252 valence electrons. The van der Waals surface area contributed by atoms with Crippen LogP contribution in [-0.4, -0.2) is 48.0 Å². The Labute approximate surface area is 272 Å². The van der Waals surface area contributed by atoms with Crippen molar-refractivity contribution in [1.82, 2.24) is 4.90 Å². The minimum absolute atomic E-state index is 0.0512. The third-order valence-electron chi connectivity index (χ3n) is 15.5. The molecule has 0 radical (unpaired) electrons. The van der Waals surface area contributed by atoms with E-state index in [-0.39, 0.29) is 63.2 Å². The predicted octanol–water partition coefficient (Wildman–Crippen LogP) is 8.27. The van der Waals surface area contributed by atoms with Crippen molar-refractivity contribution < 1.29 is 23.9 Å². The van der Waals surface area contributed by atoms with Gasteiger partial charge >= 0.3 is 11.9 Å². The number of fused-ring (bicyclic) bond motifs is 7. The van der Waals surface area contributed by atoms with Crippen LogP contribution in [0.2, 0.25) is 0 Å². The van der Waals surface area contributed by atoms with Crippen LogP contribution < -0.4 is 0 Å². The molecule has 6 rings (SSSR count). The van der Waals surface area contributed by atoms with Crippen molar-refractivity contribution in [3.8, 4) is 0 Å². The Hall–Kier alpha value is -1.69. The van der Waals surface area contributed by atoms with Gasteiger partial charge in [-0.05, 0) is 124 Å². The van der Waals surface area contributed by atoms with Gasteiger partial charge in [-0.25, -0.2) is 0 Å². The second-order valence-corrected chi connectivity index (χ2v) is 18.3. The van der Waals surface area contributed by atoms with E-state index in [0.29, 0.717) is 11.7 Å². The van der Waals surface area contributed by atoms with Gasteiger partial charge in [-0.15, -0.1) is 0 Å². The van der Waals surface area contributed by atoms with Crippen LogP contribution in [0.1, 0.15) is 139 Å². The van der Waals surface area contributed by atoms with Gasteiger partial charge in [0.2, 0.25) is 0 Å². The lowest BCUT2D eigenvalue weighted by Crippen LogP contribution is -2.66. The third kappa shape index (κ3) is 4.91. The molecule has 0 aromatic carbocycles. The normalized spacial score (nSPS) is 46.8. The standard InChI is InChI=1S/C39H61NO5/c1-25(40-21-11-10-12-22-40)44-33(43)36(6)18-17-35(5)19-20-38(8)27(28(35)24-36)23-29(42)32-37(7)15-14-31(45-26(2)41)34(3,4)30(37)13-16-39(32,38)9/h23,25,28,30-32H,10-22,24H2,1-9H3/t25-,28+,30+,31+,32+,35-,36+,37+,38-,39+/m1/s1. The number of esters is 2. The van der Waals surface area contributed by atoms with Crippen LogP contribution >= 0.6 is 0 Å². The molecular formula is C39H61NO5. The molecule has 0 bridgehead atoms. The van der Waals surface area contributed by atoms with E-state index < -0.39 is 5.41 Å². The highest BCUT2D eigenvalue weighted by Gasteiger charge is 2.70. The zero-order chi connectivity index (χ0) is 32.8. The molecule has 5 aliphatic carbocycles. The summed E-state index contributed by atoms with van der Waals surface area (Å²) >= 11 is 0. The monoisotopic (exact) mass is 623 g/mol. The Morgan fingerprint density at radius 1 is 0.889 bits per heavy atom. The average Bonchev–Trinajstić information content (AvgIpc) is 2.97. The second-order valence-electron chi connectivity index (χ2n) is 18.3. The summed E-state index contributed by atoms with van der Waals surface area (Å²) in [6.07, 6.45) is 14.0. The largest absolute Gasteiger partial charge is 0.462 e. The minimum atomic E-state index is -0.545. The van der Waals surface area contributed by atoms with Crippen LogP contribution in [0.3, 0.4) is 0 Å². The molecule has 1 heterocycles. The Bertz CT molecular complexity index is 1270. The van der Waals surface area contributed by atoms with Crippen molar-refractivity contribution in [3.63, 3.8) is 0 Å². The highest BCUT2D eigenvalue weighted by Crippen LogP contribution is 2.75. The molecule has 45 heavy (non-hydrogen) atoms. The van der Waals surface area contributed by atoms with E-state index in [0.717, 1.165) is 70.9 Å². The van der Waals surface area contributed by atoms with Gasteiger partial charge in [-0.1, -0.05) is 53.5 Å². The van der Waals surface area contributed by atoms with Crippen molar-refractivity contribution in [3.05, 3.63) is 11.6 Å². The summed E-state index contributed by atoms with van der Waals surface area (Å²) < 4.78 is 12.1. The molecule has 0 amide bonds. The molecule has 0 aromatic heterocycles. The lowest BCUT2D eigenvalue weighted by atomic mass is 9.33. The maximum absolute atomic E-state index is 14.7. The number of ketones is 1. The van der Waals surface area contributed by atoms with Crippen LogP contribution in [0.25, 0.3) is 0 Å². The summed E-state index contributed by atoms with van der Waals surface area (Å²) in [5.74, 6) is 0.507. The van der Waals surface area contributed by atoms with Crippen LogP contribution in [0.4, 0.5) is 0 Å². The molecule has 0 unspecified atom stereocenters. The van der Waals surface area contributed by atoms with Gasteiger partial charge in [0.05, 0.1) is 5.41 Å². The summed E-state index contributed by atoms with van der Waals surface area (Å²) in [4.78, 5) is 43.0. The smallest absolute Gasteiger partial charge is 0.313 e. The molecule has 4 saturated carbocycles. The zero-order valence-electron chi connectivity index (χ0n) is 29.9. The van der Waals surface area contributed by atoms with Gasteiger partial charge in [0.15, 0.2) is 12.0 Å². The van der Waals surface area contributed by atoms with Gasteiger partial charge < -0.3 is 9.47 Å². The van der Waals surface area contributed by atoms with Crippen LogP contribution in [-0.2, 0) is 23.9 Å². The highest BCUT2D eigenvalue weighted by molar-refractivity contribution is 5.95. The number of hydrogen-bond acceptors (Lipinski definition) is 6. The van der Waals surface area contributed by atoms with Crippen LogP contribution in [0, 0.1) is 50.2 Å². The number of carbonyl (C=O) groups is 3. The fourth-order valence-electron chi connectivity index (χ4n) is 12.4. The molecule has 5 fully saturated rings. The van der Waals surface area contributed by atoms with Gasteiger partial charge in [-0.3, -0.25) is 19.3 Å². The fraction of sp³-hybridized carbons (Fsp3) is 0.872. The molecule has 6 heteroatoms. The lowest BCUT2D eigenvalue weighted by Gasteiger charge is -2.70. The first-order valence-corrected chi connectivity index (χ1v) is 18.3. The lowest BCUT2D eigenvalue weighted by molar-refractivity contribution is -0.210. The predicted molar refractivity (Wildman–Crippen MR) is 176 cm³/mol. The third-order valence-corrected chi connectivity index (χ3v) is 15.5. The second kappa shape index (κ2) is 10.9. The molecular weight excluding hydrogens is 562 g/mol. The number of allylic oxidation sites excluding steroid dienone is 2. The van der Waals surface area contributed by atoms with E-state index in [4.69, 9.17) is 9.47 Å². The number of likely N-dealkylation sites (tertiary alicyclic amines) is 1. The quantitative estimate of drug-likeness (QED) is 0.294. The number of nitrogens with zero attached hydrogens (tertiary/aromatic N) is 1. The average molecular weight is 624 g/mol. The maximum Gasteiger partial charge on any atom is 0.313 e. The maximum atomic E-state index is 14.7. The summed E-state index contributed by atoms with van der Waals surface area (Å²) in [5, 5.41) is 0. The number of piperidine rings is 1. The highest BCUT2D eigenvalue weighted by atomic mass is 16.6. The Balaban J connectivity index is 1.31. The molecule has 10 atom stereocenters. The molecule has 6 aliphatic rings. The molecule has 1 aliphatic heterocycles. The topological polar surface area (TPSA) is 72.9 Å². The van der Waals surface area contributed by atoms with Crippen molar-refractivity contribution in [2.75, 3.05) is 13.1 Å². The van der Waals surface area contributed by atoms with Gasteiger partial charge in [0.1, 0.15) is 6.10 Å². The van der Waals surface area contributed by atoms with Gasteiger partial charge in [0.25, 0.3) is 0 Å². The molecule has 6 nitrogen and oxygen atoms in total. The van der Waals surface area contributed by atoms with E-state index in [1.54, 1.807) is 0 Å². The summed E-state index contributed by atoms with van der Waals surface area (Å²) in [6, 6.07) is 0. The molecule has 1 saturated heterocycles. The van der Waals surface area contributed by atoms with E-state index in [2.05, 4.69) is 59.4 Å². The number of hydrogen-bond donors (Lipinski definition) is 0. The first kappa shape index (κ1) is 33.2. The Morgan fingerprint density at radius 2 is 1.56 bits per heavy atom. The minimum Gasteiger partial charge on any atom is -0.462 e. The Morgan fingerprint density at radius 3 is 2.22 bits per heavy atom. The van der Waals surface area contributed by atoms with Gasteiger partial charge in [0, 0.05) is 31.3 Å². The summed E-state index contributed by atoms with van der Waals surface area (Å²) in [7, 11) is 0. The molecule has 0 aromatic rings. The first-order chi connectivity index (χ1) is 20.9. The number of carbonyl (C=O) groups excluding carboxylic acids is 3. The van der Waals surface area contributed by atoms with Crippen LogP contribution in [0.5, 0.6) is 0 Å². The number of rotatable bonds is 4. The van der Waals surface area contributed by atoms with E-state index in [9.17, 15) is 14.4 Å². The Kier molecular flexibility index (Phi) is 8.06. The van der Waals surface area contributed by atoms with E-state index in [1.165, 1.54) is 31.8 Å². The summed E-state index contributed by atoms with van der Waals surface area (Å²) in [6.45, 7) is 21.9. The zero-order valence-corrected chi connectivity index (χ0v) is 29.9. The van der Waals surface area contributed by atoms with Crippen molar-refractivity contribution in [2.24, 2.45) is 50.2 Å². The SMILES string of the molecule is CC(=O)O[C@H]1CC[C@@]2(C)[C@@H](CC[C@@]3(C)[C@H]2C(=O)C=C2[C@@H]4C[C@@](C)(C(=O)O[C@H](C)N5CCCCC5)CC[C@]4(C)CC[C@]23C)C1(C)C. The van der Waals surface area contributed by atoms with E-state index >= 15 is 0 Å².